The molecule has 0 bridgehead atoms. The molecule has 1 atom stereocenters. The van der Waals surface area contributed by atoms with Crippen LogP contribution in [0, 0.1) is 17.8 Å². The normalized spacial score (nSPS) is 12.8. The first-order chi connectivity index (χ1) is 15.2. The molecule has 2 heterocycles. The first-order valence-electron chi connectivity index (χ1n) is 9.85. The van der Waals surface area contributed by atoms with Crippen LogP contribution in [0.2, 0.25) is 0 Å². The largest absolute Gasteiger partial charge is 0.480 e. The van der Waals surface area contributed by atoms with Crippen molar-refractivity contribution in [1.29, 1.82) is 0 Å². The lowest BCUT2D eigenvalue weighted by molar-refractivity contribution is -0.140. The Labute approximate surface area is 184 Å². The number of fused-ring (bicyclic) bond motifs is 3. The van der Waals surface area contributed by atoms with E-state index in [2.05, 4.69) is 21.5 Å². The van der Waals surface area contributed by atoms with Crippen LogP contribution in [0.25, 0.3) is 21.9 Å². The van der Waals surface area contributed by atoms with Crippen LogP contribution >= 0.6 is 0 Å². The van der Waals surface area contributed by atoms with Crippen LogP contribution in [-0.2, 0) is 21.9 Å². The SMILES string of the molecule is CC(C)[C@H](NS(=O)(=O)c1ccc2c(c1)oc1ccc(C#Cc3cncn3C)cc12)C(=O)O. The second-order valence-electron chi connectivity index (χ2n) is 7.79. The van der Waals surface area contributed by atoms with E-state index in [1.807, 2.05) is 23.7 Å². The van der Waals surface area contributed by atoms with Gasteiger partial charge in [0.05, 0.1) is 17.4 Å². The molecule has 0 amide bonds. The summed E-state index contributed by atoms with van der Waals surface area (Å²) in [6, 6.07) is 8.76. The van der Waals surface area contributed by atoms with Gasteiger partial charge in [-0.1, -0.05) is 19.8 Å². The molecule has 2 aromatic carbocycles. The summed E-state index contributed by atoms with van der Waals surface area (Å²) in [5, 5.41) is 10.8. The van der Waals surface area contributed by atoms with Crippen molar-refractivity contribution in [1.82, 2.24) is 14.3 Å². The molecule has 0 aliphatic carbocycles. The van der Waals surface area contributed by atoms with Gasteiger partial charge in [0, 0.05) is 29.4 Å². The lowest BCUT2D eigenvalue weighted by atomic mass is 10.1. The van der Waals surface area contributed by atoms with E-state index in [1.165, 1.54) is 12.1 Å². The number of carbonyl (C=O) groups is 1. The predicted octanol–water partition coefficient (Wildman–Crippen LogP) is 3.11. The fraction of sp³-hybridized carbons (Fsp3) is 0.217. The number of nitrogens with zero attached hydrogens (tertiary/aromatic N) is 2. The molecule has 0 fully saturated rings. The summed E-state index contributed by atoms with van der Waals surface area (Å²) < 4.78 is 35.4. The molecule has 164 valence electrons. The molecular formula is C23H21N3O5S. The van der Waals surface area contributed by atoms with Crippen LogP contribution in [0.5, 0.6) is 0 Å². The number of imidazole rings is 1. The van der Waals surface area contributed by atoms with Crippen molar-refractivity contribution < 1.29 is 22.7 Å². The first kappa shape index (κ1) is 21.6. The number of hydrogen-bond acceptors (Lipinski definition) is 5. The maximum atomic E-state index is 12.7. The third-order valence-electron chi connectivity index (χ3n) is 5.12. The molecule has 0 aliphatic heterocycles. The topological polar surface area (TPSA) is 114 Å². The van der Waals surface area contributed by atoms with Crippen LogP contribution in [-0.4, -0.2) is 35.1 Å². The van der Waals surface area contributed by atoms with Crippen molar-refractivity contribution in [3.8, 4) is 11.8 Å². The molecule has 0 saturated heterocycles. The minimum atomic E-state index is -4.05. The Kier molecular flexibility index (Phi) is 5.50. The number of rotatable bonds is 5. The molecule has 2 N–H and O–H groups in total. The molecule has 9 heteroatoms. The number of aliphatic carboxylic acids is 1. The number of furan rings is 1. The highest BCUT2D eigenvalue weighted by Gasteiger charge is 2.28. The summed E-state index contributed by atoms with van der Waals surface area (Å²) >= 11 is 0. The minimum Gasteiger partial charge on any atom is -0.480 e. The third kappa shape index (κ3) is 4.10. The van der Waals surface area contributed by atoms with Crippen LogP contribution in [0.3, 0.4) is 0 Å². The van der Waals surface area contributed by atoms with Crippen molar-refractivity contribution in [3.05, 3.63) is 60.2 Å². The lowest BCUT2D eigenvalue weighted by Gasteiger charge is -2.17. The number of aromatic nitrogens is 2. The molecule has 2 aromatic heterocycles. The molecule has 0 spiro atoms. The number of carboxylic acids is 1. The van der Waals surface area contributed by atoms with E-state index in [0.717, 1.165) is 22.0 Å². The quantitative estimate of drug-likeness (QED) is 0.451. The maximum Gasteiger partial charge on any atom is 0.322 e. The fourth-order valence-corrected chi connectivity index (χ4v) is 4.68. The van der Waals surface area contributed by atoms with Gasteiger partial charge in [-0.05, 0) is 42.2 Å². The zero-order valence-electron chi connectivity index (χ0n) is 17.7. The number of hydrogen-bond donors (Lipinski definition) is 2. The minimum absolute atomic E-state index is 0.0628. The maximum absolute atomic E-state index is 12.7. The summed E-state index contributed by atoms with van der Waals surface area (Å²) in [6.07, 6.45) is 3.36. The van der Waals surface area contributed by atoms with Gasteiger partial charge in [-0.25, -0.2) is 13.4 Å². The molecule has 4 rings (SSSR count). The van der Waals surface area contributed by atoms with Gasteiger partial charge >= 0.3 is 5.97 Å². The van der Waals surface area contributed by atoms with E-state index in [9.17, 15) is 18.3 Å². The van der Waals surface area contributed by atoms with E-state index in [1.54, 1.807) is 38.5 Å². The van der Waals surface area contributed by atoms with Crippen molar-refractivity contribution in [2.24, 2.45) is 13.0 Å². The summed E-state index contributed by atoms with van der Waals surface area (Å²) in [5.41, 5.74) is 2.54. The Hall–Kier alpha value is -3.61. The van der Waals surface area contributed by atoms with E-state index >= 15 is 0 Å². The number of nitrogens with one attached hydrogen (secondary N) is 1. The molecule has 0 unspecified atom stereocenters. The first-order valence-corrected chi connectivity index (χ1v) is 11.3. The Bertz CT molecular complexity index is 1500. The number of sulfonamides is 1. The number of carboxylic acid groups (broad SMARTS) is 1. The van der Waals surface area contributed by atoms with Crippen LogP contribution in [0.1, 0.15) is 25.1 Å². The zero-order chi connectivity index (χ0) is 23.0. The Morgan fingerprint density at radius 1 is 1.12 bits per heavy atom. The zero-order valence-corrected chi connectivity index (χ0v) is 18.5. The Balaban J connectivity index is 1.71. The van der Waals surface area contributed by atoms with Crippen molar-refractivity contribution in [2.45, 2.75) is 24.8 Å². The molecule has 32 heavy (non-hydrogen) atoms. The van der Waals surface area contributed by atoms with Gasteiger partial charge in [-0.15, -0.1) is 0 Å². The van der Waals surface area contributed by atoms with Gasteiger partial charge in [-0.2, -0.15) is 4.72 Å². The molecule has 0 saturated carbocycles. The van der Waals surface area contributed by atoms with Crippen molar-refractivity contribution in [3.63, 3.8) is 0 Å². The third-order valence-corrected chi connectivity index (χ3v) is 6.56. The van der Waals surface area contributed by atoms with Gasteiger partial charge in [0.2, 0.25) is 10.0 Å². The van der Waals surface area contributed by atoms with Crippen LogP contribution < -0.4 is 4.72 Å². The summed E-state index contributed by atoms with van der Waals surface area (Å²) in [4.78, 5) is 15.4. The van der Waals surface area contributed by atoms with Gasteiger partial charge in [-0.3, -0.25) is 4.79 Å². The fourth-order valence-electron chi connectivity index (χ4n) is 3.32. The van der Waals surface area contributed by atoms with Gasteiger partial charge < -0.3 is 14.1 Å². The van der Waals surface area contributed by atoms with E-state index in [0.29, 0.717) is 11.2 Å². The Morgan fingerprint density at radius 2 is 1.91 bits per heavy atom. The highest BCUT2D eigenvalue weighted by atomic mass is 32.2. The average molecular weight is 452 g/mol. The summed E-state index contributed by atoms with van der Waals surface area (Å²) in [5.74, 6) is 4.52. The molecule has 0 aliphatic rings. The van der Waals surface area contributed by atoms with Crippen molar-refractivity contribution >= 4 is 37.9 Å². The lowest BCUT2D eigenvalue weighted by Crippen LogP contribution is -2.44. The van der Waals surface area contributed by atoms with E-state index in [-0.39, 0.29) is 4.90 Å². The average Bonchev–Trinajstić information content (AvgIpc) is 3.32. The standard InChI is InChI=1S/C23H21N3O5S/c1-14(2)22(23(27)28)25-32(29,30)17-7-8-18-19-10-15(4-6-16-12-24-13-26(16)3)5-9-20(19)31-21(18)11-17/h5,7-14,22,25H,1-3H3,(H,27,28)/t22-/m0/s1. The predicted molar refractivity (Wildman–Crippen MR) is 119 cm³/mol. The second-order valence-corrected chi connectivity index (χ2v) is 9.51. The number of benzene rings is 2. The molecular weight excluding hydrogens is 430 g/mol. The summed E-state index contributed by atoms with van der Waals surface area (Å²) in [6.45, 7) is 3.27. The molecule has 4 aromatic rings. The van der Waals surface area contributed by atoms with Crippen LogP contribution in [0.15, 0.2) is 58.2 Å². The molecule has 0 radical (unpaired) electrons. The highest BCUT2D eigenvalue weighted by Crippen LogP contribution is 2.31. The van der Waals surface area contributed by atoms with Gasteiger partial charge in [0.25, 0.3) is 0 Å². The van der Waals surface area contributed by atoms with Crippen LogP contribution in [0.4, 0.5) is 0 Å². The van der Waals surface area contributed by atoms with Gasteiger partial charge in [0.15, 0.2) is 0 Å². The molecule has 8 nitrogen and oxygen atoms in total. The van der Waals surface area contributed by atoms with Gasteiger partial charge in [0.1, 0.15) is 22.9 Å². The van der Waals surface area contributed by atoms with E-state index < -0.39 is 28.0 Å². The number of aryl methyl sites for hydroxylation is 1. The summed E-state index contributed by atoms with van der Waals surface area (Å²) in [7, 11) is -2.18. The van der Waals surface area contributed by atoms with Crippen molar-refractivity contribution in [2.75, 3.05) is 0 Å². The van der Waals surface area contributed by atoms with E-state index in [4.69, 9.17) is 4.42 Å². The Morgan fingerprint density at radius 3 is 2.56 bits per heavy atom. The second kappa shape index (κ2) is 8.15. The monoisotopic (exact) mass is 451 g/mol. The highest BCUT2D eigenvalue weighted by molar-refractivity contribution is 7.89. The smallest absolute Gasteiger partial charge is 0.322 e.